The van der Waals surface area contributed by atoms with Gasteiger partial charge in [0, 0.05) is 31.1 Å². The van der Waals surface area contributed by atoms with Crippen molar-refractivity contribution >= 4 is 28.6 Å². The maximum Gasteiger partial charge on any atom is 0.265 e. The van der Waals surface area contributed by atoms with E-state index in [0.717, 1.165) is 36.5 Å². The minimum atomic E-state index is 0.147. The Morgan fingerprint density at radius 2 is 2.35 bits per heavy atom. The number of hydrogen-bond acceptors (Lipinski definition) is 5. The van der Waals surface area contributed by atoms with Crippen molar-refractivity contribution in [2.75, 3.05) is 13.1 Å². The lowest BCUT2D eigenvalue weighted by molar-refractivity contribution is 0.0677. The van der Waals surface area contributed by atoms with Crippen LogP contribution in [0.5, 0.6) is 0 Å². The molecule has 1 saturated heterocycles. The number of hydrogen-bond donors (Lipinski definition) is 0. The Balaban J connectivity index is 1.66. The molecule has 1 atom stereocenters. The summed E-state index contributed by atoms with van der Waals surface area (Å²) in [4.78, 5) is 23.8. The van der Waals surface area contributed by atoms with Crippen LogP contribution in [0.3, 0.4) is 0 Å². The van der Waals surface area contributed by atoms with E-state index in [-0.39, 0.29) is 5.91 Å². The molecular weight excluding hydrogens is 290 g/mol. The van der Waals surface area contributed by atoms with Crippen LogP contribution in [0.4, 0.5) is 0 Å². The lowest BCUT2D eigenvalue weighted by Gasteiger charge is -2.32. The molecule has 0 spiro atoms. The van der Waals surface area contributed by atoms with Gasteiger partial charge in [-0.2, -0.15) is 0 Å². The number of thiazole rings is 2. The van der Waals surface area contributed by atoms with E-state index in [2.05, 4.69) is 9.97 Å². The van der Waals surface area contributed by atoms with Crippen molar-refractivity contribution in [3.63, 3.8) is 0 Å². The van der Waals surface area contributed by atoms with Crippen molar-refractivity contribution in [3.05, 3.63) is 32.7 Å². The van der Waals surface area contributed by atoms with Gasteiger partial charge in [0.05, 0.1) is 16.2 Å². The average Bonchev–Trinajstić information content (AvgIpc) is 3.10. The van der Waals surface area contributed by atoms with Crippen molar-refractivity contribution in [2.45, 2.75) is 26.2 Å². The van der Waals surface area contributed by atoms with Gasteiger partial charge in [0.2, 0.25) is 0 Å². The first-order valence-electron chi connectivity index (χ1n) is 6.82. The van der Waals surface area contributed by atoms with Gasteiger partial charge in [-0.3, -0.25) is 4.79 Å². The van der Waals surface area contributed by atoms with Gasteiger partial charge in [0.25, 0.3) is 5.91 Å². The van der Waals surface area contributed by atoms with E-state index in [1.54, 1.807) is 16.8 Å². The Hall–Kier alpha value is -1.27. The second-order valence-electron chi connectivity index (χ2n) is 5.16. The van der Waals surface area contributed by atoms with E-state index in [1.165, 1.54) is 22.8 Å². The third-order valence-electron chi connectivity index (χ3n) is 3.69. The predicted octanol–water partition coefficient (Wildman–Crippen LogP) is 3.00. The SMILES string of the molecule is Cc1ncsc1C(=O)N1CCCC(Cc2nccs2)C1. The topological polar surface area (TPSA) is 46.1 Å². The molecule has 0 N–H and O–H groups in total. The minimum absolute atomic E-state index is 0.147. The first-order chi connectivity index (χ1) is 9.74. The first kappa shape index (κ1) is 13.7. The molecule has 1 aliphatic rings. The van der Waals surface area contributed by atoms with Crippen LogP contribution in [0.25, 0.3) is 0 Å². The largest absolute Gasteiger partial charge is 0.338 e. The van der Waals surface area contributed by atoms with E-state index in [9.17, 15) is 4.79 Å². The summed E-state index contributed by atoms with van der Waals surface area (Å²) in [7, 11) is 0. The van der Waals surface area contributed by atoms with Crippen LogP contribution in [0.1, 0.15) is 33.2 Å². The number of aryl methyl sites for hydroxylation is 1. The molecule has 1 amide bonds. The molecule has 4 nitrogen and oxygen atoms in total. The summed E-state index contributed by atoms with van der Waals surface area (Å²) >= 11 is 3.15. The van der Waals surface area contributed by atoms with E-state index in [0.29, 0.717) is 5.92 Å². The second-order valence-corrected chi connectivity index (χ2v) is 6.99. The van der Waals surface area contributed by atoms with Crippen LogP contribution < -0.4 is 0 Å². The van der Waals surface area contributed by atoms with Crippen LogP contribution in [0, 0.1) is 12.8 Å². The molecule has 2 aromatic rings. The lowest BCUT2D eigenvalue weighted by Crippen LogP contribution is -2.40. The van der Waals surface area contributed by atoms with Crippen LogP contribution in [-0.4, -0.2) is 33.9 Å². The number of carbonyl (C=O) groups is 1. The molecular formula is C14H17N3OS2. The Morgan fingerprint density at radius 3 is 3.05 bits per heavy atom. The monoisotopic (exact) mass is 307 g/mol. The molecule has 106 valence electrons. The fraction of sp³-hybridized carbons (Fsp3) is 0.500. The van der Waals surface area contributed by atoms with Crippen molar-refractivity contribution in [3.8, 4) is 0 Å². The van der Waals surface area contributed by atoms with Gasteiger partial charge in [-0.1, -0.05) is 0 Å². The highest BCUT2D eigenvalue weighted by atomic mass is 32.1. The van der Waals surface area contributed by atoms with E-state index < -0.39 is 0 Å². The van der Waals surface area contributed by atoms with Gasteiger partial charge in [0.1, 0.15) is 4.88 Å². The van der Waals surface area contributed by atoms with Crippen LogP contribution in [0.2, 0.25) is 0 Å². The summed E-state index contributed by atoms with van der Waals surface area (Å²) in [6.45, 7) is 3.61. The summed E-state index contributed by atoms with van der Waals surface area (Å²) in [5.74, 6) is 0.681. The molecule has 6 heteroatoms. The number of likely N-dealkylation sites (tertiary alicyclic amines) is 1. The third-order valence-corrected chi connectivity index (χ3v) is 5.41. The van der Waals surface area contributed by atoms with Gasteiger partial charge >= 0.3 is 0 Å². The molecule has 1 aliphatic heterocycles. The quantitative estimate of drug-likeness (QED) is 0.875. The van der Waals surface area contributed by atoms with Crippen LogP contribution in [-0.2, 0) is 6.42 Å². The zero-order valence-corrected chi connectivity index (χ0v) is 13.0. The molecule has 3 rings (SSSR count). The van der Waals surface area contributed by atoms with Crippen molar-refractivity contribution < 1.29 is 4.79 Å². The van der Waals surface area contributed by atoms with Gasteiger partial charge in [0.15, 0.2) is 0 Å². The molecule has 0 saturated carbocycles. The predicted molar refractivity (Wildman–Crippen MR) is 81.3 cm³/mol. The van der Waals surface area contributed by atoms with Gasteiger partial charge in [-0.05, 0) is 25.7 Å². The van der Waals surface area contributed by atoms with Gasteiger partial charge in [-0.15, -0.1) is 22.7 Å². The molecule has 2 aromatic heterocycles. The maximum atomic E-state index is 12.5. The highest BCUT2D eigenvalue weighted by Crippen LogP contribution is 2.24. The number of piperidine rings is 1. The summed E-state index contributed by atoms with van der Waals surface area (Å²) in [5, 5.41) is 3.19. The summed E-state index contributed by atoms with van der Waals surface area (Å²) in [5.41, 5.74) is 2.60. The number of rotatable bonds is 3. The van der Waals surface area contributed by atoms with E-state index in [4.69, 9.17) is 0 Å². The normalized spacial score (nSPS) is 19.2. The van der Waals surface area contributed by atoms with Crippen LogP contribution in [0.15, 0.2) is 17.1 Å². The van der Waals surface area contributed by atoms with Gasteiger partial charge < -0.3 is 4.90 Å². The number of amides is 1. The Morgan fingerprint density at radius 1 is 1.45 bits per heavy atom. The van der Waals surface area contributed by atoms with Crippen molar-refractivity contribution in [1.82, 2.24) is 14.9 Å². The van der Waals surface area contributed by atoms with E-state index in [1.807, 2.05) is 23.4 Å². The smallest absolute Gasteiger partial charge is 0.265 e. The number of carbonyl (C=O) groups excluding carboxylic acids is 1. The third kappa shape index (κ3) is 2.91. The number of aromatic nitrogens is 2. The maximum absolute atomic E-state index is 12.5. The molecule has 0 aromatic carbocycles. The Kier molecular flexibility index (Phi) is 4.12. The first-order valence-corrected chi connectivity index (χ1v) is 8.57. The fourth-order valence-corrected chi connectivity index (χ4v) is 4.17. The van der Waals surface area contributed by atoms with E-state index >= 15 is 0 Å². The van der Waals surface area contributed by atoms with Crippen molar-refractivity contribution in [2.24, 2.45) is 5.92 Å². The average molecular weight is 307 g/mol. The molecule has 3 heterocycles. The Bertz CT molecular complexity index is 579. The highest BCUT2D eigenvalue weighted by Gasteiger charge is 2.26. The summed E-state index contributed by atoms with van der Waals surface area (Å²) in [6, 6.07) is 0. The second kappa shape index (κ2) is 6.01. The van der Waals surface area contributed by atoms with Gasteiger partial charge in [-0.25, -0.2) is 9.97 Å². The molecule has 20 heavy (non-hydrogen) atoms. The standard InChI is InChI=1S/C14H17N3OS2/c1-10-13(20-9-16-10)14(18)17-5-2-3-11(8-17)7-12-15-4-6-19-12/h4,6,9,11H,2-3,5,7-8H2,1H3. The molecule has 0 bridgehead atoms. The molecule has 1 fully saturated rings. The highest BCUT2D eigenvalue weighted by molar-refractivity contribution is 7.11. The summed E-state index contributed by atoms with van der Waals surface area (Å²) < 4.78 is 0. The molecule has 0 aliphatic carbocycles. The minimum Gasteiger partial charge on any atom is -0.338 e. The van der Waals surface area contributed by atoms with Crippen LogP contribution >= 0.6 is 22.7 Å². The Labute approximate surface area is 126 Å². The number of nitrogens with zero attached hydrogens (tertiary/aromatic N) is 3. The van der Waals surface area contributed by atoms with Crippen molar-refractivity contribution in [1.29, 1.82) is 0 Å². The fourth-order valence-electron chi connectivity index (χ4n) is 2.67. The zero-order valence-electron chi connectivity index (χ0n) is 11.4. The summed E-state index contributed by atoms with van der Waals surface area (Å²) in [6.07, 6.45) is 5.11. The zero-order chi connectivity index (χ0) is 13.9. The lowest BCUT2D eigenvalue weighted by atomic mass is 9.95. The molecule has 1 unspecified atom stereocenters. The molecule has 0 radical (unpaired) electrons.